The molecule has 1 heterocycles. The van der Waals surface area contributed by atoms with E-state index in [2.05, 4.69) is 30.8 Å². The number of Topliss-reactive ketones (excluding diaryl/α,β-unsaturated/α-hetero) is 1. The monoisotopic (exact) mass is 212 g/mol. The standard InChI is InChI=1S/C12H24N2O/c1-10-8-14(7-5-6-11(2)15)9-12(10)13(3)4/h10,12H,5-9H2,1-4H3. The van der Waals surface area contributed by atoms with Crippen LogP contribution in [0.5, 0.6) is 0 Å². The van der Waals surface area contributed by atoms with Crippen molar-refractivity contribution >= 4 is 5.78 Å². The van der Waals surface area contributed by atoms with Gasteiger partial charge in [0.15, 0.2) is 0 Å². The van der Waals surface area contributed by atoms with E-state index in [1.165, 1.54) is 6.54 Å². The highest BCUT2D eigenvalue weighted by molar-refractivity contribution is 5.75. The molecule has 0 aromatic heterocycles. The van der Waals surface area contributed by atoms with Gasteiger partial charge in [-0.05, 0) is 39.9 Å². The minimum absolute atomic E-state index is 0.311. The van der Waals surface area contributed by atoms with E-state index in [-0.39, 0.29) is 0 Å². The van der Waals surface area contributed by atoms with E-state index in [1.54, 1.807) is 6.92 Å². The second-order valence-corrected chi connectivity index (χ2v) is 5.07. The van der Waals surface area contributed by atoms with E-state index in [4.69, 9.17) is 0 Å². The number of likely N-dealkylation sites (N-methyl/N-ethyl adjacent to an activating group) is 1. The summed E-state index contributed by atoms with van der Waals surface area (Å²) in [5, 5.41) is 0. The Labute approximate surface area is 93.4 Å². The van der Waals surface area contributed by atoms with Crippen molar-refractivity contribution in [3.63, 3.8) is 0 Å². The number of ketones is 1. The molecule has 88 valence electrons. The first-order chi connectivity index (χ1) is 7.00. The summed E-state index contributed by atoms with van der Waals surface area (Å²) >= 11 is 0. The molecule has 0 N–H and O–H groups in total. The number of carbonyl (C=O) groups is 1. The molecule has 0 saturated carbocycles. The van der Waals surface area contributed by atoms with Crippen LogP contribution in [0.15, 0.2) is 0 Å². The van der Waals surface area contributed by atoms with E-state index < -0.39 is 0 Å². The second kappa shape index (κ2) is 5.61. The Morgan fingerprint density at radius 1 is 1.40 bits per heavy atom. The lowest BCUT2D eigenvalue weighted by atomic mass is 10.1. The highest BCUT2D eigenvalue weighted by Gasteiger charge is 2.30. The minimum atomic E-state index is 0.311. The van der Waals surface area contributed by atoms with Crippen molar-refractivity contribution in [3.05, 3.63) is 0 Å². The third kappa shape index (κ3) is 3.92. The van der Waals surface area contributed by atoms with E-state index >= 15 is 0 Å². The number of rotatable bonds is 5. The molecule has 1 aliphatic heterocycles. The fourth-order valence-corrected chi connectivity index (χ4v) is 2.45. The summed E-state index contributed by atoms with van der Waals surface area (Å²) in [6.07, 6.45) is 1.75. The maximum Gasteiger partial charge on any atom is 0.129 e. The summed E-state index contributed by atoms with van der Waals surface area (Å²) in [5.41, 5.74) is 0. The van der Waals surface area contributed by atoms with Gasteiger partial charge in [-0.25, -0.2) is 0 Å². The van der Waals surface area contributed by atoms with Crippen LogP contribution in [0, 0.1) is 5.92 Å². The SMILES string of the molecule is CC(=O)CCCN1CC(C)C(N(C)C)C1. The van der Waals surface area contributed by atoms with Crippen molar-refractivity contribution < 1.29 is 4.79 Å². The van der Waals surface area contributed by atoms with Gasteiger partial charge in [0.25, 0.3) is 0 Å². The van der Waals surface area contributed by atoms with Crippen molar-refractivity contribution in [1.82, 2.24) is 9.80 Å². The molecule has 2 atom stereocenters. The first kappa shape index (κ1) is 12.7. The number of carbonyl (C=O) groups excluding carboxylic acids is 1. The van der Waals surface area contributed by atoms with Gasteiger partial charge in [-0.2, -0.15) is 0 Å². The normalized spacial score (nSPS) is 27.5. The molecule has 0 bridgehead atoms. The average molecular weight is 212 g/mol. The molecular formula is C12H24N2O. The molecule has 15 heavy (non-hydrogen) atoms. The van der Waals surface area contributed by atoms with Gasteiger partial charge >= 0.3 is 0 Å². The Bertz CT molecular complexity index is 216. The van der Waals surface area contributed by atoms with Gasteiger partial charge in [-0.15, -0.1) is 0 Å². The van der Waals surface area contributed by atoms with Gasteiger partial charge < -0.3 is 14.6 Å². The summed E-state index contributed by atoms with van der Waals surface area (Å²) in [4.78, 5) is 15.6. The Morgan fingerprint density at radius 3 is 2.53 bits per heavy atom. The van der Waals surface area contributed by atoms with Crippen molar-refractivity contribution in [2.24, 2.45) is 5.92 Å². The molecule has 0 aromatic carbocycles. The van der Waals surface area contributed by atoms with Gasteiger partial charge in [0.2, 0.25) is 0 Å². The lowest BCUT2D eigenvalue weighted by Crippen LogP contribution is -2.34. The third-order valence-corrected chi connectivity index (χ3v) is 3.31. The van der Waals surface area contributed by atoms with Crippen LogP contribution < -0.4 is 0 Å². The number of likely N-dealkylation sites (tertiary alicyclic amines) is 1. The number of nitrogens with zero attached hydrogens (tertiary/aromatic N) is 2. The van der Waals surface area contributed by atoms with Crippen LogP contribution in [-0.2, 0) is 4.79 Å². The van der Waals surface area contributed by atoms with Gasteiger partial charge in [0.1, 0.15) is 5.78 Å². The van der Waals surface area contributed by atoms with Crippen LogP contribution in [0.1, 0.15) is 26.7 Å². The smallest absolute Gasteiger partial charge is 0.129 e. The second-order valence-electron chi connectivity index (χ2n) is 5.07. The van der Waals surface area contributed by atoms with Gasteiger partial charge in [-0.3, -0.25) is 0 Å². The molecule has 3 nitrogen and oxygen atoms in total. The highest BCUT2D eigenvalue weighted by Crippen LogP contribution is 2.20. The summed E-state index contributed by atoms with van der Waals surface area (Å²) in [6.45, 7) is 7.41. The largest absolute Gasteiger partial charge is 0.305 e. The summed E-state index contributed by atoms with van der Waals surface area (Å²) in [6, 6.07) is 0.683. The molecule has 3 heteroatoms. The van der Waals surface area contributed by atoms with Crippen molar-refractivity contribution in [3.8, 4) is 0 Å². The quantitative estimate of drug-likeness (QED) is 0.685. The number of hydrogen-bond acceptors (Lipinski definition) is 3. The fraction of sp³-hybridized carbons (Fsp3) is 0.917. The van der Waals surface area contributed by atoms with Gasteiger partial charge in [0.05, 0.1) is 0 Å². The van der Waals surface area contributed by atoms with Crippen molar-refractivity contribution in [2.75, 3.05) is 33.7 Å². The Balaban J connectivity index is 2.26. The molecule has 0 spiro atoms. The van der Waals surface area contributed by atoms with E-state index in [1.807, 2.05) is 0 Å². The Hall–Kier alpha value is -0.410. The van der Waals surface area contributed by atoms with Gasteiger partial charge in [0, 0.05) is 25.6 Å². The van der Waals surface area contributed by atoms with Crippen LogP contribution in [0.4, 0.5) is 0 Å². The predicted molar refractivity (Wildman–Crippen MR) is 63.0 cm³/mol. The van der Waals surface area contributed by atoms with Crippen molar-refractivity contribution in [2.45, 2.75) is 32.7 Å². The van der Waals surface area contributed by atoms with E-state index in [0.29, 0.717) is 11.8 Å². The maximum atomic E-state index is 10.8. The first-order valence-corrected chi connectivity index (χ1v) is 5.89. The molecule has 0 radical (unpaired) electrons. The number of hydrogen-bond donors (Lipinski definition) is 0. The molecule has 2 unspecified atom stereocenters. The summed E-state index contributed by atoms with van der Waals surface area (Å²) in [5.74, 6) is 1.06. The van der Waals surface area contributed by atoms with Crippen LogP contribution in [0.2, 0.25) is 0 Å². The predicted octanol–water partition coefficient (Wildman–Crippen LogP) is 1.24. The molecule has 1 saturated heterocycles. The van der Waals surface area contributed by atoms with E-state index in [0.717, 1.165) is 31.8 Å². The molecule has 0 aromatic rings. The van der Waals surface area contributed by atoms with Crippen LogP contribution >= 0.6 is 0 Å². The summed E-state index contributed by atoms with van der Waals surface area (Å²) in [7, 11) is 4.31. The Kier molecular flexibility index (Phi) is 4.74. The average Bonchev–Trinajstić information content (AvgIpc) is 2.46. The van der Waals surface area contributed by atoms with Crippen LogP contribution in [0.25, 0.3) is 0 Å². The fourth-order valence-electron chi connectivity index (χ4n) is 2.45. The molecule has 1 fully saturated rings. The topological polar surface area (TPSA) is 23.6 Å². The third-order valence-electron chi connectivity index (χ3n) is 3.31. The first-order valence-electron chi connectivity index (χ1n) is 5.89. The molecule has 0 amide bonds. The lowest BCUT2D eigenvalue weighted by Gasteiger charge is -2.22. The van der Waals surface area contributed by atoms with Crippen LogP contribution in [-0.4, -0.2) is 55.4 Å². The lowest BCUT2D eigenvalue weighted by molar-refractivity contribution is -0.117. The zero-order valence-electron chi connectivity index (χ0n) is 10.5. The molecule has 1 aliphatic rings. The molecule has 0 aliphatic carbocycles. The van der Waals surface area contributed by atoms with Gasteiger partial charge in [-0.1, -0.05) is 6.92 Å². The molecular weight excluding hydrogens is 188 g/mol. The minimum Gasteiger partial charge on any atom is -0.305 e. The molecule has 1 rings (SSSR count). The zero-order valence-corrected chi connectivity index (χ0v) is 10.5. The van der Waals surface area contributed by atoms with Crippen LogP contribution in [0.3, 0.4) is 0 Å². The highest BCUT2D eigenvalue weighted by atomic mass is 16.1. The summed E-state index contributed by atoms with van der Waals surface area (Å²) < 4.78 is 0. The zero-order chi connectivity index (χ0) is 11.4. The van der Waals surface area contributed by atoms with Crippen molar-refractivity contribution in [1.29, 1.82) is 0 Å². The Morgan fingerprint density at radius 2 is 2.07 bits per heavy atom. The van der Waals surface area contributed by atoms with E-state index in [9.17, 15) is 4.79 Å². The maximum absolute atomic E-state index is 10.8.